The molecule has 4 rings (SSSR count). The molecule has 7 nitrogen and oxygen atoms in total. The highest BCUT2D eigenvalue weighted by Crippen LogP contribution is 2.24. The fraction of sp³-hybridized carbons (Fsp3) is 0.517. The summed E-state index contributed by atoms with van der Waals surface area (Å²) >= 11 is 0. The Morgan fingerprint density at radius 3 is 2.14 bits per heavy atom. The SMILES string of the molecule is Cc1ccc(C)c(OC2CCN(CC(=O)N3CCN(CC(=O)Nc4c(C)cccc4C)CC3)CC2)c1. The van der Waals surface area contributed by atoms with Crippen LogP contribution in [-0.4, -0.2) is 85.0 Å². The number of piperidine rings is 1. The van der Waals surface area contributed by atoms with Crippen molar-refractivity contribution in [2.24, 2.45) is 0 Å². The summed E-state index contributed by atoms with van der Waals surface area (Å²) in [5.41, 5.74) is 5.42. The second-order valence-electron chi connectivity index (χ2n) is 10.3. The minimum Gasteiger partial charge on any atom is -0.490 e. The fourth-order valence-corrected chi connectivity index (χ4v) is 5.04. The third kappa shape index (κ3) is 6.86. The number of hydrogen-bond acceptors (Lipinski definition) is 5. The molecule has 2 fully saturated rings. The maximum absolute atomic E-state index is 12.9. The number of rotatable bonds is 7. The second-order valence-corrected chi connectivity index (χ2v) is 10.3. The van der Waals surface area contributed by atoms with Gasteiger partial charge in [0.2, 0.25) is 11.8 Å². The Hall–Kier alpha value is -2.90. The van der Waals surface area contributed by atoms with Crippen LogP contribution < -0.4 is 10.1 Å². The molecule has 0 saturated carbocycles. The molecule has 0 radical (unpaired) electrons. The summed E-state index contributed by atoms with van der Waals surface area (Å²) in [6, 6.07) is 12.3. The lowest BCUT2D eigenvalue weighted by atomic mass is 10.1. The zero-order valence-corrected chi connectivity index (χ0v) is 22.2. The van der Waals surface area contributed by atoms with E-state index >= 15 is 0 Å². The topological polar surface area (TPSA) is 65.1 Å². The van der Waals surface area contributed by atoms with Gasteiger partial charge in [0.15, 0.2) is 0 Å². The minimum atomic E-state index is -0.00174. The molecule has 0 spiro atoms. The van der Waals surface area contributed by atoms with Crippen LogP contribution in [0.5, 0.6) is 5.75 Å². The largest absolute Gasteiger partial charge is 0.490 e. The van der Waals surface area contributed by atoms with E-state index in [9.17, 15) is 9.59 Å². The van der Waals surface area contributed by atoms with Gasteiger partial charge in [0.05, 0.1) is 13.1 Å². The zero-order valence-electron chi connectivity index (χ0n) is 22.2. The number of likely N-dealkylation sites (tertiary alicyclic amines) is 1. The molecule has 2 aliphatic heterocycles. The van der Waals surface area contributed by atoms with E-state index < -0.39 is 0 Å². The maximum Gasteiger partial charge on any atom is 0.238 e. The van der Waals surface area contributed by atoms with Crippen molar-refractivity contribution in [1.82, 2.24) is 14.7 Å². The molecule has 0 aliphatic carbocycles. The second kappa shape index (κ2) is 11.9. The van der Waals surface area contributed by atoms with E-state index in [0.29, 0.717) is 26.2 Å². The molecule has 1 N–H and O–H groups in total. The lowest BCUT2D eigenvalue weighted by Gasteiger charge is -2.37. The molecule has 36 heavy (non-hydrogen) atoms. The Labute approximate surface area is 215 Å². The number of aryl methyl sites for hydroxylation is 4. The third-order valence-corrected chi connectivity index (χ3v) is 7.37. The van der Waals surface area contributed by atoms with Crippen molar-refractivity contribution in [2.75, 3.05) is 57.7 Å². The lowest BCUT2D eigenvalue weighted by Crippen LogP contribution is -2.53. The number of para-hydroxylation sites is 1. The first-order chi connectivity index (χ1) is 17.3. The van der Waals surface area contributed by atoms with Crippen molar-refractivity contribution in [3.8, 4) is 5.75 Å². The average molecular weight is 493 g/mol. The Balaban J connectivity index is 1.16. The smallest absolute Gasteiger partial charge is 0.238 e. The minimum absolute atomic E-state index is 0.00174. The molecule has 2 heterocycles. The summed E-state index contributed by atoms with van der Waals surface area (Å²) < 4.78 is 6.27. The molecule has 0 aromatic heterocycles. The van der Waals surface area contributed by atoms with E-state index in [1.807, 2.05) is 36.9 Å². The average Bonchev–Trinajstić information content (AvgIpc) is 2.85. The van der Waals surface area contributed by atoms with Gasteiger partial charge in [-0.05, 0) is 68.9 Å². The van der Waals surface area contributed by atoms with Gasteiger partial charge in [0, 0.05) is 45.0 Å². The summed E-state index contributed by atoms with van der Waals surface area (Å²) in [6.07, 6.45) is 2.07. The number of nitrogens with zero attached hydrogens (tertiary/aromatic N) is 3. The van der Waals surface area contributed by atoms with Crippen LogP contribution in [0.25, 0.3) is 0 Å². The van der Waals surface area contributed by atoms with E-state index in [0.717, 1.165) is 61.6 Å². The number of ether oxygens (including phenoxy) is 1. The van der Waals surface area contributed by atoms with Gasteiger partial charge in [-0.2, -0.15) is 0 Å². The third-order valence-electron chi connectivity index (χ3n) is 7.37. The van der Waals surface area contributed by atoms with E-state index in [1.54, 1.807) is 0 Å². The van der Waals surface area contributed by atoms with Gasteiger partial charge in [-0.15, -0.1) is 0 Å². The molecule has 194 valence electrons. The van der Waals surface area contributed by atoms with Crippen molar-refractivity contribution in [1.29, 1.82) is 0 Å². The molecular weight excluding hydrogens is 452 g/mol. The monoisotopic (exact) mass is 492 g/mol. The van der Waals surface area contributed by atoms with Crippen molar-refractivity contribution in [3.05, 3.63) is 58.7 Å². The summed E-state index contributed by atoms with van der Waals surface area (Å²) in [5, 5.41) is 3.06. The van der Waals surface area contributed by atoms with Crippen LogP contribution >= 0.6 is 0 Å². The zero-order chi connectivity index (χ0) is 25.7. The molecule has 7 heteroatoms. The van der Waals surface area contributed by atoms with Gasteiger partial charge in [0.1, 0.15) is 11.9 Å². The molecule has 2 aliphatic rings. The van der Waals surface area contributed by atoms with Crippen molar-refractivity contribution < 1.29 is 14.3 Å². The molecule has 2 aromatic carbocycles. The van der Waals surface area contributed by atoms with Crippen LogP contribution in [0.15, 0.2) is 36.4 Å². The first-order valence-electron chi connectivity index (χ1n) is 13.1. The lowest BCUT2D eigenvalue weighted by molar-refractivity contribution is -0.134. The van der Waals surface area contributed by atoms with Gasteiger partial charge in [0.25, 0.3) is 0 Å². The number of anilines is 1. The number of carbonyl (C=O) groups excluding carboxylic acids is 2. The molecule has 0 atom stereocenters. The van der Waals surface area contributed by atoms with Gasteiger partial charge in [-0.1, -0.05) is 30.3 Å². The summed E-state index contributed by atoms with van der Waals surface area (Å²) in [6.45, 7) is 13.5. The van der Waals surface area contributed by atoms with E-state index in [1.165, 1.54) is 11.1 Å². The quantitative estimate of drug-likeness (QED) is 0.641. The Morgan fingerprint density at radius 2 is 1.47 bits per heavy atom. The van der Waals surface area contributed by atoms with E-state index in [2.05, 4.69) is 47.2 Å². The molecule has 2 aromatic rings. The predicted molar refractivity (Wildman–Crippen MR) is 144 cm³/mol. The predicted octanol–water partition coefficient (Wildman–Crippen LogP) is 3.55. The van der Waals surface area contributed by atoms with E-state index in [-0.39, 0.29) is 17.9 Å². The number of hydrogen-bond donors (Lipinski definition) is 1. The highest BCUT2D eigenvalue weighted by Gasteiger charge is 2.27. The van der Waals surface area contributed by atoms with Gasteiger partial charge >= 0.3 is 0 Å². The normalized spacial score (nSPS) is 17.7. The first kappa shape index (κ1) is 26.2. The first-order valence-corrected chi connectivity index (χ1v) is 13.1. The molecule has 2 saturated heterocycles. The highest BCUT2D eigenvalue weighted by molar-refractivity contribution is 5.93. The van der Waals surface area contributed by atoms with Crippen LogP contribution in [0.3, 0.4) is 0 Å². The van der Waals surface area contributed by atoms with Crippen molar-refractivity contribution >= 4 is 17.5 Å². The summed E-state index contributed by atoms with van der Waals surface area (Å²) in [7, 11) is 0. The Morgan fingerprint density at radius 1 is 0.833 bits per heavy atom. The van der Waals surface area contributed by atoms with Gasteiger partial charge in [-0.3, -0.25) is 19.4 Å². The van der Waals surface area contributed by atoms with Crippen LogP contribution in [0.1, 0.15) is 35.1 Å². The van der Waals surface area contributed by atoms with Gasteiger partial charge in [-0.25, -0.2) is 0 Å². The summed E-state index contributed by atoms with van der Waals surface area (Å²) in [5.74, 6) is 1.16. The summed E-state index contributed by atoms with van der Waals surface area (Å²) in [4.78, 5) is 31.8. The van der Waals surface area contributed by atoms with Crippen molar-refractivity contribution in [2.45, 2.75) is 46.6 Å². The maximum atomic E-state index is 12.9. The number of amides is 2. The number of piperazine rings is 1. The van der Waals surface area contributed by atoms with E-state index in [4.69, 9.17) is 4.74 Å². The highest BCUT2D eigenvalue weighted by atomic mass is 16.5. The molecule has 0 bridgehead atoms. The van der Waals surface area contributed by atoms with Crippen LogP contribution in [0.4, 0.5) is 5.69 Å². The Kier molecular flexibility index (Phi) is 8.64. The van der Waals surface area contributed by atoms with Crippen molar-refractivity contribution in [3.63, 3.8) is 0 Å². The van der Waals surface area contributed by atoms with Gasteiger partial charge < -0.3 is 15.0 Å². The Bertz CT molecular complexity index is 1050. The number of nitrogens with one attached hydrogen (secondary N) is 1. The molecule has 0 unspecified atom stereocenters. The van der Waals surface area contributed by atoms with Crippen LogP contribution in [-0.2, 0) is 9.59 Å². The van der Waals surface area contributed by atoms with Crippen LogP contribution in [0, 0.1) is 27.7 Å². The number of benzene rings is 2. The molecular formula is C29H40N4O3. The number of carbonyl (C=O) groups is 2. The molecule has 2 amide bonds. The standard InChI is InChI=1S/C29H40N4O3/c1-21-8-9-22(2)26(18-21)36-25-10-12-31(13-11-25)20-28(35)33-16-14-32(15-17-33)19-27(34)30-29-23(3)6-5-7-24(29)4/h5-9,18,25H,10-17,19-20H2,1-4H3,(H,30,34). The fourth-order valence-electron chi connectivity index (χ4n) is 5.04. The van der Waals surface area contributed by atoms with Crippen LogP contribution in [0.2, 0.25) is 0 Å².